The van der Waals surface area contributed by atoms with Crippen molar-refractivity contribution in [2.75, 3.05) is 7.05 Å². The van der Waals surface area contributed by atoms with E-state index in [1.54, 1.807) is 31.6 Å². The number of aromatic nitrogens is 1. The fraction of sp³-hybridized carbons (Fsp3) is 0.364. The van der Waals surface area contributed by atoms with Gasteiger partial charge in [0.1, 0.15) is 0 Å². The third-order valence-electron chi connectivity index (χ3n) is 2.93. The van der Waals surface area contributed by atoms with Crippen LogP contribution in [0.3, 0.4) is 0 Å². The van der Waals surface area contributed by atoms with Crippen LogP contribution in [0.2, 0.25) is 0 Å². The first-order valence-corrected chi connectivity index (χ1v) is 4.99. The Labute approximate surface area is 92.7 Å². The molecule has 1 saturated heterocycles. The number of pyridine rings is 1. The lowest BCUT2D eigenvalue weighted by atomic mass is 9.95. The van der Waals surface area contributed by atoms with Gasteiger partial charge in [-0.1, -0.05) is 6.07 Å². The highest BCUT2D eigenvalue weighted by Crippen LogP contribution is 2.36. The Balaban J connectivity index is 2.37. The smallest absolute Gasteiger partial charge is 0.309 e. The van der Waals surface area contributed by atoms with Crippen molar-refractivity contribution in [2.45, 2.75) is 12.5 Å². The minimum atomic E-state index is -0.938. The van der Waals surface area contributed by atoms with E-state index in [0.717, 1.165) is 5.56 Å². The van der Waals surface area contributed by atoms with Crippen LogP contribution >= 0.6 is 0 Å². The van der Waals surface area contributed by atoms with Gasteiger partial charge in [-0.3, -0.25) is 14.6 Å². The maximum Gasteiger partial charge on any atom is 0.309 e. The van der Waals surface area contributed by atoms with Crippen molar-refractivity contribution in [3.05, 3.63) is 30.1 Å². The Kier molecular flexibility index (Phi) is 2.60. The summed E-state index contributed by atoms with van der Waals surface area (Å²) < 4.78 is 0. The molecule has 0 aromatic carbocycles. The normalized spacial score (nSPS) is 24.8. The van der Waals surface area contributed by atoms with Crippen molar-refractivity contribution in [2.24, 2.45) is 5.92 Å². The fourth-order valence-electron chi connectivity index (χ4n) is 2.10. The van der Waals surface area contributed by atoms with Crippen LogP contribution in [-0.2, 0) is 9.59 Å². The summed E-state index contributed by atoms with van der Waals surface area (Å²) in [6, 6.07) is 3.13. The first kappa shape index (κ1) is 10.6. The standard InChI is InChI=1S/C11H12N2O3/c1-13-9(14)5-8(11(15)16)10(13)7-3-2-4-12-6-7/h2-4,6,8,10H,5H2,1H3,(H,15,16)/t8-,10-/m0/s1. The molecule has 5 heteroatoms. The van der Waals surface area contributed by atoms with Gasteiger partial charge < -0.3 is 10.0 Å². The van der Waals surface area contributed by atoms with E-state index in [0.29, 0.717) is 0 Å². The van der Waals surface area contributed by atoms with Gasteiger partial charge in [0, 0.05) is 25.9 Å². The number of carbonyl (C=O) groups excluding carboxylic acids is 1. The summed E-state index contributed by atoms with van der Waals surface area (Å²) in [4.78, 5) is 28.0. The van der Waals surface area contributed by atoms with Crippen LogP contribution < -0.4 is 0 Å². The average molecular weight is 220 g/mol. The van der Waals surface area contributed by atoms with E-state index in [9.17, 15) is 9.59 Å². The van der Waals surface area contributed by atoms with Crippen LogP contribution in [0.25, 0.3) is 0 Å². The second-order valence-corrected chi connectivity index (χ2v) is 3.88. The number of carbonyl (C=O) groups is 2. The van der Waals surface area contributed by atoms with Crippen LogP contribution in [0.4, 0.5) is 0 Å². The highest BCUT2D eigenvalue weighted by molar-refractivity contribution is 5.87. The molecule has 84 valence electrons. The number of aliphatic carboxylic acids is 1. The largest absolute Gasteiger partial charge is 0.481 e. The minimum absolute atomic E-state index is 0.0609. The molecule has 1 amide bonds. The molecular formula is C11H12N2O3. The predicted molar refractivity (Wildman–Crippen MR) is 55.5 cm³/mol. The van der Waals surface area contributed by atoms with Crippen molar-refractivity contribution >= 4 is 11.9 Å². The predicted octanol–water partition coefficient (Wildman–Crippen LogP) is 0.686. The lowest BCUT2D eigenvalue weighted by Crippen LogP contribution is -2.26. The van der Waals surface area contributed by atoms with Gasteiger partial charge in [-0.05, 0) is 11.6 Å². The molecule has 1 N–H and O–H groups in total. The summed E-state index contributed by atoms with van der Waals surface area (Å²) in [5, 5.41) is 9.08. The van der Waals surface area contributed by atoms with Crippen LogP contribution in [0.15, 0.2) is 24.5 Å². The van der Waals surface area contributed by atoms with Crippen LogP contribution in [0.1, 0.15) is 18.0 Å². The molecular weight excluding hydrogens is 208 g/mol. The van der Waals surface area contributed by atoms with Gasteiger partial charge in [-0.2, -0.15) is 0 Å². The number of nitrogens with zero attached hydrogens (tertiary/aromatic N) is 2. The van der Waals surface area contributed by atoms with Gasteiger partial charge in [0.2, 0.25) is 5.91 Å². The molecule has 1 aromatic heterocycles. The molecule has 0 bridgehead atoms. The van der Waals surface area contributed by atoms with E-state index in [2.05, 4.69) is 4.98 Å². The summed E-state index contributed by atoms with van der Waals surface area (Å²) in [6.45, 7) is 0. The van der Waals surface area contributed by atoms with E-state index in [1.807, 2.05) is 0 Å². The van der Waals surface area contributed by atoms with Crippen LogP contribution in [-0.4, -0.2) is 33.9 Å². The SMILES string of the molecule is CN1C(=O)C[C@H](C(=O)O)[C@@H]1c1cccnc1. The van der Waals surface area contributed by atoms with Gasteiger partial charge in [0.25, 0.3) is 0 Å². The third-order valence-corrected chi connectivity index (χ3v) is 2.93. The maximum absolute atomic E-state index is 11.5. The van der Waals surface area contributed by atoms with Gasteiger partial charge in [0.05, 0.1) is 12.0 Å². The van der Waals surface area contributed by atoms with E-state index in [1.165, 1.54) is 4.90 Å². The van der Waals surface area contributed by atoms with Crippen molar-refractivity contribution in [3.8, 4) is 0 Å². The molecule has 0 saturated carbocycles. The molecule has 0 aliphatic carbocycles. The second-order valence-electron chi connectivity index (χ2n) is 3.88. The molecule has 16 heavy (non-hydrogen) atoms. The molecule has 1 fully saturated rings. The van der Waals surface area contributed by atoms with E-state index >= 15 is 0 Å². The average Bonchev–Trinajstić information content (AvgIpc) is 2.57. The molecule has 5 nitrogen and oxygen atoms in total. The monoisotopic (exact) mass is 220 g/mol. The quantitative estimate of drug-likeness (QED) is 0.795. The molecule has 1 aromatic rings. The van der Waals surface area contributed by atoms with Crippen molar-refractivity contribution in [1.82, 2.24) is 9.88 Å². The lowest BCUT2D eigenvalue weighted by Gasteiger charge is -2.22. The van der Waals surface area contributed by atoms with Gasteiger partial charge in [-0.15, -0.1) is 0 Å². The Morgan fingerprint density at radius 1 is 1.62 bits per heavy atom. The zero-order valence-electron chi connectivity index (χ0n) is 8.83. The number of rotatable bonds is 2. The number of likely N-dealkylation sites (tertiary alicyclic amines) is 1. The van der Waals surface area contributed by atoms with Gasteiger partial charge in [-0.25, -0.2) is 0 Å². The summed E-state index contributed by atoms with van der Waals surface area (Å²) in [5.41, 5.74) is 0.767. The zero-order valence-corrected chi connectivity index (χ0v) is 8.83. The first-order valence-electron chi connectivity index (χ1n) is 4.99. The molecule has 1 aliphatic heterocycles. The number of amides is 1. The van der Waals surface area contributed by atoms with E-state index in [-0.39, 0.29) is 12.3 Å². The first-order chi connectivity index (χ1) is 7.61. The molecule has 1 aliphatic rings. The summed E-state index contributed by atoms with van der Waals surface area (Å²) in [5.74, 6) is -1.76. The Hall–Kier alpha value is -1.91. The van der Waals surface area contributed by atoms with Crippen molar-refractivity contribution < 1.29 is 14.7 Å². The van der Waals surface area contributed by atoms with Gasteiger partial charge in [0.15, 0.2) is 0 Å². The number of carboxylic acids is 1. The highest BCUT2D eigenvalue weighted by Gasteiger charge is 2.42. The molecule has 2 atom stereocenters. The summed E-state index contributed by atoms with van der Waals surface area (Å²) >= 11 is 0. The number of carboxylic acid groups (broad SMARTS) is 1. The zero-order chi connectivity index (χ0) is 11.7. The Bertz CT molecular complexity index is 418. The van der Waals surface area contributed by atoms with Crippen molar-refractivity contribution in [3.63, 3.8) is 0 Å². The third kappa shape index (κ3) is 1.64. The van der Waals surface area contributed by atoms with Crippen LogP contribution in [0, 0.1) is 5.92 Å². The molecule has 2 heterocycles. The Morgan fingerprint density at radius 2 is 2.38 bits per heavy atom. The number of hydrogen-bond acceptors (Lipinski definition) is 3. The van der Waals surface area contributed by atoms with Crippen LogP contribution in [0.5, 0.6) is 0 Å². The Morgan fingerprint density at radius 3 is 2.94 bits per heavy atom. The molecule has 0 spiro atoms. The molecule has 0 unspecified atom stereocenters. The second kappa shape index (κ2) is 3.92. The number of hydrogen-bond donors (Lipinski definition) is 1. The lowest BCUT2D eigenvalue weighted by molar-refractivity contribution is -0.142. The highest BCUT2D eigenvalue weighted by atomic mass is 16.4. The molecule has 0 radical (unpaired) electrons. The molecule has 2 rings (SSSR count). The topological polar surface area (TPSA) is 70.5 Å². The summed E-state index contributed by atoms with van der Waals surface area (Å²) in [6.07, 6.45) is 3.29. The minimum Gasteiger partial charge on any atom is -0.481 e. The summed E-state index contributed by atoms with van der Waals surface area (Å²) in [7, 11) is 1.63. The van der Waals surface area contributed by atoms with E-state index < -0.39 is 17.9 Å². The van der Waals surface area contributed by atoms with Gasteiger partial charge >= 0.3 is 5.97 Å². The fourth-order valence-corrected chi connectivity index (χ4v) is 2.10. The van der Waals surface area contributed by atoms with Crippen molar-refractivity contribution in [1.29, 1.82) is 0 Å². The van der Waals surface area contributed by atoms with E-state index in [4.69, 9.17) is 5.11 Å². The maximum atomic E-state index is 11.5.